The maximum Gasteiger partial charge on any atom is 0.221 e. The Kier molecular flexibility index (Phi) is 5.28. The number of carbonyl (C=O) groups excluding carboxylic acids is 2. The maximum atomic E-state index is 10.6. The fourth-order valence-electron chi connectivity index (χ4n) is 0.977. The van der Waals surface area contributed by atoms with Crippen molar-refractivity contribution >= 4 is 12.2 Å². The number of nitrogens with one attached hydrogen (secondary N) is 1. The molecule has 2 atom stereocenters. The summed E-state index contributed by atoms with van der Waals surface area (Å²) < 4.78 is 4.25. The van der Waals surface area contributed by atoms with Gasteiger partial charge in [0.05, 0.1) is 0 Å². The first kappa shape index (κ1) is 11.1. The van der Waals surface area contributed by atoms with E-state index < -0.39 is 0 Å². The third-order valence-corrected chi connectivity index (χ3v) is 1.63. The zero-order valence-corrected chi connectivity index (χ0v) is 7.66. The molecule has 0 bridgehead atoms. The summed E-state index contributed by atoms with van der Waals surface area (Å²) in [5, 5.41) is 2.65. The first-order valence-electron chi connectivity index (χ1n) is 3.80. The van der Waals surface area contributed by atoms with Crippen LogP contribution in [0.15, 0.2) is 0 Å². The van der Waals surface area contributed by atoms with Gasteiger partial charge in [-0.15, -0.1) is 0 Å². The van der Waals surface area contributed by atoms with Crippen molar-refractivity contribution in [2.75, 3.05) is 14.2 Å². The number of methoxy groups -OCH3 is 1. The topological polar surface area (TPSA) is 55.4 Å². The monoisotopic (exact) mass is 173 g/mol. The van der Waals surface area contributed by atoms with Crippen molar-refractivity contribution in [1.82, 2.24) is 5.32 Å². The number of aldehydes is 1. The molecule has 0 aromatic carbocycles. The second kappa shape index (κ2) is 5.71. The van der Waals surface area contributed by atoms with Crippen molar-refractivity contribution in [3.63, 3.8) is 0 Å². The molecule has 1 aliphatic rings. The van der Waals surface area contributed by atoms with E-state index in [1.807, 2.05) is 6.92 Å². The first-order chi connectivity index (χ1) is 5.65. The summed E-state index contributed by atoms with van der Waals surface area (Å²) in [4.78, 5) is 20.7. The zero-order chi connectivity index (χ0) is 9.56. The summed E-state index contributed by atoms with van der Waals surface area (Å²) in [7, 11) is 3.25. The second-order valence-electron chi connectivity index (χ2n) is 2.77. The maximum absolute atomic E-state index is 10.6. The molecule has 4 heteroatoms. The van der Waals surface area contributed by atoms with Crippen LogP contribution in [0.3, 0.4) is 0 Å². The number of hydrogen-bond donors (Lipinski definition) is 1. The Morgan fingerprint density at radius 2 is 2.08 bits per heavy atom. The van der Waals surface area contributed by atoms with E-state index in [0.29, 0.717) is 6.42 Å². The molecule has 2 unspecified atom stereocenters. The summed E-state index contributed by atoms with van der Waals surface area (Å²) in [5.41, 5.74) is 0. The molecule has 4 nitrogen and oxygen atoms in total. The average molecular weight is 173 g/mol. The van der Waals surface area contributed by atoms with Crippen LogP contribution in [0.1, 0.15) is 13.3 Å². The van der Waals surface area contributed by atoms with Crippen LogP contribution in [0, 0.1) is 5.92 Å². The molecular weight excluding hydrogens is 158 g/mol. The SMILES string of the molecule is CC1NC(=O)CC1C=O.COC. The van der Waals surface area contributed by atoms with E-state index in [2.05, 4.69) is 10.1 Å². The predicted octanol–water partition coefficient (Wildman–Crippen LogP) is -0.0275. The fraction of sp³-hybridized carbons (Fsp3) is 0.750. The van der Waals surface area contributed by atoms with Crippen molar-refractivity contribution in [1.29, 1.82) is 0 Å². The summed E-state index contributed by atoms with van der Waals surface area (Å²) in [6.07, 6.45) is 1.20. The van der Waals surface area contributed by atoms with Crippen molar-refractivity contribution in [3.05, 3.63) is 0 Å². The van der Waals surface area contributed by atoms with Gasteiger partial charge in [-0.1, -0.05) is 0 Å². The molecule has 1 rings (SSSR count). The Hall–Kier alpha value is -0.900. The molecule has 70 valence electrons. The molecule has 1 amide bonds. The van der Waals surface area contributed by atoms with Crippen LogP contribution in [-0.2, 0) is 14.3 Å². The Labute approximate surface area is 72.3 Å². The van der Waals surface area contributed by atoms with Gasteiger partial charge in [-0.3, -0.25) is 4.79 Å². The molecule has 1 fully saturated rings. The molecule has 12 heavy (non-hydrogen) atoms. The lowest BCUT2D eigenvalue weighted by atomic mass is 10.1. The highest BCUT2D eigenvalue weighted by Gasteiger charge is 2.27. The molecule has 0 aromatic rings. The highest BCUT2D eigenvalue weighted by Crippen LogP contribution is 2.12. The van der Waals surface area contributed by atoms with Gasteiger partial charge in [0.2, 0.25) is 5.91 Å². The molecule has 0 spiro atoms. The lowest BCUT2D eigenvalue weighted by molar-refractivity contribution is -0.120. The third kappa shape index (κ3) is 3.48. The standard InChI is InChI=1S/C6H9NO2.C2H6O/c1-4-5(3-8)2-6(9)7-4;1-3-2/h3-5H,2H2,1H3,(H,7,9);1-2H3. The smallest absolute Gasteiger partial charge is 0.221 e. The second-order valence-corrected chi connectivity index (χ2v) is 2.77. The van der Waals surface area contributed by atoms with Crippen molar-refractivity contribution in [2.24, 2.45) is 5.92 Å². The first-order valence-corrected chi connectivity index (χ1v) is 3.80. The van der Waals surface area contributed by atoms with Gasteiger partial charge in [0.1, 0.15) is 6.29 Å². The van der Waals surface area contributed by atoms with Gasteiger partial charge in [0.15, 0.2) is 0 Å². The molecular formula is C8H15NO3. The van der Waals surface area contributed by atoms with E-state index in [4.69, 9.17) is 0 Å². The molecule has 1 aliphatic heterocycles. The quantitative estimate of drug-likeness (QED) is 0.567. The van der Waals surface area contributed by atoms with E-state index in [1.165, 1.54) is 0 Å². The van der Waals surface area contributed by atoms with Gasteiger partial charge in [-0.05, 0) is 6.92 Å². The summed E-state index contributed by atoms with van der Waals surface area (Å²) in [6.45, 7) is 1.84. The molecule has 1 saturated heterocycles. The van der Waals surface area contributed by atoms with E-state index in [-0.39, 0.29) is 17.9 Å². The van der Waals surface area contributed by atoms with Crippen molar-refractivity contribution in [3.8, 4) is 0 Å². The Morgan fingerprint density at radius 3 is 2.25 bits per heavy atom. The lowest BCUT2D eigenvalue weighted by Crippen LogP contribution is -2.25. The summed E-state index contributed by atoms with van der Waals surface area (Å²) in [5.74, 6) is -0.114. The van der Waals surface area contributed by atoms with Gasteiger partial charge in [0.25, 0.3) is 0 Å². The number of carbonyl (C=O) groups is 2. The van der Waals surface area contributed by atoms with Gasteiger partial charge in [-0.2, -0.15) is 0 Å². The van der Waals surface area contributed by atoms with E-state index in [9.17, 15) is 9.59 Å². The average Bonchev–Trinajstić information content (AvgIpc) is 2.31. The Bertz CT molecular complexity index is 158. The molecule has 0 aliphatic carbocycles. The number of ether oxygens (including phenoxy) is 1. The van der Waals surface area contributed by atoms with E-state index >= 15 is 0 Å². The minimum Gasteiger partial charge on any atom is -0.388 e. The van der Waals surface area contributed by atoms with Gasteiger partial charge in [-0.25, -0.2) is 0 Å². The van der Waals surface area contributed by atoms with Crippen LogP contribution in [0.4, 0.5) is 0 Å². The summed E-state index contributed by atoms with van der Waals surface area (Å²) in [6, 6.07) is 0.0370. The molecule has 0 aromatic heterocycles. The van der Waals surface area contributed by atoms with Gasteiger partial charge in [0, 0.05) is 32.6 Å². The third-order valence-electron chi connectivity index (χ3n) is 1.63. The minimum atomic E-state index is -0.0995. The number of amides is 1. The van der Waals surface area contributed by atoms with Crippen LogP contribution < -0.4 is 5.32 Å². The van der Waals surface area contributed by atoms with E-state index in [1.54, 1.807) is 14.2 Å². The van der Waals surface area contributed by atoms with Crippen LogP contribution in [0.5, 0.6) is 0 Å². The number of rotatable bonds is 1. The highest BCUT2D eigenvalue weighted by atomic mass is 16.4. The normalized spacial score (nSPS) is 27.1. The molecule has 0 radical (unpaired) electrons. The Balaban J connectivity index is 0.000000354. The van der Waals surface area contributed by atoms with Crippen LogP contribution >= 0.6 is 0 Å². The molecule has 1 N–H and O–H groups in total. The van der Waals surface area contributed by atoms with E-state index in [0.717, 1.165) is 6.29 Å². The predicted molar refractivity (Wildman–Crippen MR) is 44.7 cm³/mol. The fourth-order valence-corrected chi connectivity index (χ4v) is 0.977. The van der Waals surface area contributed by atoms with Crippen molar-refractivity contribution < 1.29 is 14.3 Å². The summed E-state index contributed by atoms with van der Waals surface area (Å²) >= 11 is 0. The van der Waals surface area contributed by atoms with Gasteiger partial charge >= 0.3 is 0 Å². The Morgan fingerprint density at radius 1 is 1.58 bits per heavy atom. The minimum absolute atomic E-state index is 0.0143. The lowest BCUT2D eigenvalue weighted by Gasteiger charge is -2.03. The highest BCUT2D eigenvalue weighted by molar-refractivity contribution is 5.83. The number of hydrogen-bond acceptors (Lipinski definition) is 3. The van der Waals surface area contributed by atoms with Gasteiger partial charge < -0.3 is 14.8 Å². The zero-order valence-electron chi connectivity index (χ0n) is 7.66. The van der Waals surface area contributed by atoms with Crippen LogP contribution in [-0.4, -0.2) is 32.5 Å². The van der Waals surface area contributed by atoms with Crippen molar-refractivity contribution in [2.45, 2.75) is 19.4 Å². The van der Waals surface area contributed by atoms with Crippen LogP contribution in [0.2, 0.25) is 0 Å². The largest absolute Gasteiger partial charge is 0.388 e. The molecule has 1 heterocycles. The van der Waals surface area contributed by atoms with Crippen LogP contribution in [0.25, 0.3) is 0 Å². The molecule has 0 saturated carbocycles.